The van der Waals surface area contributed by atoms with Crippen molar-refractivity contribution >= 4 is 5.91 Å². The van der Waals surface area contributed by atoms with Crippen LogP contribution in [-0.2, 0) is 0 Å². The number of carbonyl (C=O) groups excluding carboxylic acids is 1. The van der Waals surface area contributed by atoms with Crippen LogP contribution in [0.25, 0.3) is 0 Å². The first-order valence-electron chi connectivity index (χ1n) is 4.36. The van der Waals surface area contributed by atoms with Crippen LogP contribution in [0.1, 0.15) is 10.5 Å². The molecule has 0 spiro atoms. The van der Waals surface area contributed by atoms with Gasteiger partial charge in [0.1, 0.15) is 6.54 Å². The fraction of sp³-hybridized carbons (Fsp3) is 0.571. The summed E-state index contributed by atoms with van der Waals surface area (Å²) in [6.07, 6.45) is -3.41. The van der Waals surface area contributed by atoms with Crippen LogP contribution in [0.15, 0.2) is 6.20 Å². The van der Waals surface area contributed by atoms with E-state index in [0.717, 1.165) is 6.20 Å². The zero-order valence-corrected chi connectivity index (χ0v) is 8.16. The zero-order chi connectivity index (χ0) is 12.2. The van der Waals surface area contributed by atoms with Gasteiger partial charge in [-0.3, -0.25) is 4.79 Å². The van der Waals surface area contributed by atoms with Crippen molar-refractivity contribution in [3.05, 3.63) is 11.9 Å². The van der Waals surface area contributed by atoms with Crippen LogP contribution in [0.3, 0.4) is 0 Å². The lowest BCUT2D eigenvalue weighted by atomic mass is 10.3. The summed E-state index contributed by atoms with van der Waals surface area (Å²) >= 11 is 0. The highest BCUT2D eigenvalue weighted by molar-refractivity contribution is 5.91. The van der Waals surface area contributed by atoms with Crippen molar-refractivity contribution in [2.75, 3.05) is 19.6 Å². The van der Waals surface area contributed by atoms with Gasteiger partial charge in [-0.05, 0) is 0 Å². The second kappa shape index (κ2) is 4.92. The first-order valence-corrected chi connectivity index (χ1v) is 4.36. The Morgan fingerprint density at radius 2 is 2.25 bits per heavy atom. The smallest absolute Gasteiger partial charge is 0.329 e. The summed E-state index contributed by atoms with van der Waals surface area (Å²) in [5, 5.41) is 8.91. The van der Waals surface area contributed by atoms with Gasteiger partial charge in [0.15, 0.2) is 5.69 Å². The molecular weight excluding hydrogens is 227 g/mol. The van der Waals surface area contributed by atoms with E-state index in [1.54, 1.807) is 0 Å². The second-order valence-electron chi connectivity index (χ2n) is 2.99. The van der Waals surface area contributed by atoms with Gasteiger partial charge in [-0.25, -0.2) is 0 Å². The highest BCUT2D eigenvalue weighted by Gasteiger charge is 2.33. The van der Waals surface area contributed by atoms with Crippen molar-refractivity contribution < 1.29 is 18.0 Å². The number of alkyl halides is 3. The average molecular weight is 237 g/mol. The van der Waals surface area contributed by atoms with E-state index < -0.39 is 18.6 Å². The first kappa shape index (κ1) is 12.4. The van der Waals surface area contributed by atoms with E-state index in [9.17, 15) is 18.0 Å². The fourth-order valence-corrected chi connectivity index (χ4v) is 1.09. The van der Waals surface area contributed by atoms with Crippen LogP contribution in [0.2, 0.25) is 0 Å². The standard InChI is InChI=1S/C7H10F3N5O/c8-7(9,10)4-15(2-1-11)6(16)5-3-12-14-13-5/h3H,1-2,4,11H2,(H,12,13,14). The van der Waals surface area contributed by atoms with Gasteiger partial charge in [0.2, 0.25) is 0 Å². The number of hydrogen-bond acceptors (Lipinski definition) is 4. The molecule has 0 saturated heterocycles. The molecule has 0 atom stereocenters. The summed E-state index contributed by atoms with van der Waals surface area (Å²) in [6.45, 7) is -1.60. The Balaban J connectivity index is 2.74. The van der Waals surface area contributed by atoms with Gasteiger partial charge in [0.25, 0.3) is 5.91 Å². The summed E-state index contributed by atoms with van der Waals surface area (Å²) in [7, 11) is 0. The highest BCUT2D eigenvalue weighted by atomic mass is 19.4. The Bertz CT molecular complexity index is 336. The number of H-pyrrole nitrogens is 1. The molecular formula is C7H10F3N5O. The number of nitrogens with one attached hydrogen (secondary N) is 1. The first-order chi connectivity index (χ1) is 7.44. The maximum absolute atomic E-state index is 12.2. The number of nitrogens with two attached hydrogens (primary N) is 1. The average Bonchev–Trinajstić information content (AvgIpc) is 2.66. The third kappa shape index (κ3) is 3.50. The lowest BCUT2D eigenvalue weighted by Gasteiger charge is -2.22. The molecule has 0 fully saturated rings. The Morgan fingerprint density at radius 3 is 2.69 bits per heavy atom. The molecule has 0 aliphatic carbocycles. The van der Waals surface area contributed by atoms with Gasteiger partial charge < -0.3 is 10.6 Å². The Labute approximate surface area is 88.6 Å². The van der Waals surface area contributed by atoms with E-state index in [-0.39, 0.29) is 18.8 Å². The third-order valence-electron chi connectivity index (χ3n) is 1.69. The van der Waals surface area contributed by atoms with Crippen LogP contribution >= 0.6 is 0 Å². The molecule has 1 aromatic rings. The largest absolute Gasteiger partial charge is 0.406 e. The number of aromatic nitrogens is 3. The van der Waals surface area contributed by atoms with Crippen LogP contribution in [0, 0.1) is 0 Å². The van der Waals surface area contributed by atoms with Gasteiger partial charge >= 0.3 is 6.18 Å². The fourth-order valence-electron chi connectivity index (χ4n) is 1.09. The summed E-state index contributed by atoms with van der Waals surface area (Å²) in [5.41, 5.74) is 4.97. The number of amides is 1. The van der Waals surface area contributed by atoms with Crippen LogP contribution in [0.4, 0.5) is 13.2 Å². The molecule has 1 rings (SSSR count). The van der Waals surface area contributed by atoms with Crippen molar-refractivity contribution in [2.24, 2.45) is 5.73 Å². The quantitative estimate of drug-likeness (QED) is 0.757. The van der Waals surface area contributed by atoms with E-state index in [4.69, 9.17) is 5.73 Å². The lowest BCUT2D eigenvalue weighted by molar-refractivity contribution is -0.140. The van der Waals surface area contributed by atoms with E-state index in [2.05, 4.69) is 15.4 Å². The molecule has 3 N–H and O–H groups in total. The molecule has 0 bridgehead atoms. The maximum Gasteiger partial charge on any atom is 0.406 e. The van der Waals surface area contributed by atoms with E-state index in [1.807, 2.05) is 0 Å². The predicted molar refractivity (Wildman–Crippen MR) is 47.4 cm³/mol. The van der Waals surface area contributed by atoms with Gasteiger partial charge in [0.05, 0.1) is 6.20 Å². The number of rotatable bonds is 4. The van der Waals surface area contributed by atoms with Crippen LogP contribution < -0.4 is 5.73 Å². The number of carbonyl (C=O) groups is 1. The number of nitrogens with zero attached hydrogens (tertiary/aromatic N) is 3. The van der Waals surface area contributed by atoms with Crippen molar-refractivity contribution in [1.29, 1.82) is 0 Å². The van der Waals surface area contributed by atoms with Crippen molar-refractivity contribution in [3.63, 3.8) is 0 Å². The molecule has 0 aliphatic rings. The minimum atomic E-state index is -4.46. The Morgan fingerprint density at radius 1 is 1.56 bits per heavy atom. The second-order valence-corrected chi connectivity index (χ2v) is 2.99. The molecule has 6 nitrogen and oxygen atoms in total. The van der Waals surface area contributed by atoms with Gasteiger partial charge in [-0.15, -0.1) is 0 Å². The molecule has 9 heteroatoms. The molecule has 0 saturated carbocycles. The number of hydrogen-bond donors (Lipinski definition) is 2. The molecule has 0 unspecified atom stereocenters. The topological polar surface area (TPSA) is 87.9 Å². The zero-order valence-electron chi connectivity index (χ0n) is 8.16. The van der Waals surface area contributed by atoms with Crippen LogP contribution in [-0.4, -0.2) is 52.0 Å². The molecule has 16 heavy (non-hydrogen) atoms. The number of aromatic amines is 1. The summed E-state index contributed by atoms with van der Waals surface area (Å²) in [5.74, 6) is -0.850. The molecule has 0 aliphatic heterocycles. The summed E-state index contributed by atoms with van der Waals surface area (Å²) < 4.78 is 36.5. The molecule has 90 valence electrons. The van der Waals surface area contributed by atoms with E-state index in [0.29, 0.717) is 4.90 Å². The SMILES string of the molecule is NCCN(CC(F)(F)F)C(=O)c1cn[nH]n1. The normalized spacial score (nSPS) is 11.5. The monoisotopic (exact) mass is 237 g/mol. The van der Waals surface area contributed by atoms with Gasteiger partial charge in [-0.1, -0.05) is 0 Å². The van der Waals surface area contributed by atoms with Crippen molar-refractivity contribution in [3.8, 4) is 0 Å². The molecule has 1 heterocycles. The lowest BCUT2D eigenvalue weighted by Crippen LogP contribution is -2.41. The Kier molecular flexibility index (Phi) is 3.82. The molecule has 1 amide bonds. The molecule has 0 radical (unpaired) electrons. The van der Waals surface area contributed by atoms with E-state index >= 15 is 0 Å². The van der Waals surface area contributed by atoms with E-state index in [1.165, 1.54) is 0 Å². The third-order valence-corrected chi connectivity index (χ3v) is 1.69. The summed E-state index contributed by atoms with van der Waals surface area (Å²) in [6, 6.07) is 0. The molecule has 0 aromatic carbocycles. The van der Waals surface area contributed by atoms with Gasteiger partial charge in [-0.2, -0.15) is 28.6 Å². The molecule has 1 aromatic heterocycles. The predicted octanol–water partition coefficient (Wildman–Crippen LogP) is -0.232. The van der Waals surface area contributed by atoms with Crippen molar-refractivity contribution in [2.45, 2.75) is 6.18 Å². The van der Waals surface area contributed by atoms with Gasteiger partial charge in [0, 0.05) is 13.1 Å². The minimum Gasteiger partial charge on any atom is -0.329 e. The Hall–Kier alpha value is -1.64. The highest BCUT2D eigenvalue weighted by Crippen LogP contribution is 2.17. The maximum atomic E-state index is 12.2. The van der Waals surface area contributed by atoms with Crippen LogP contribution in [0.5, 0.6) is 0 Å². The summed E-state index contributed by atoms with van der Waals surface area (Å²) in [4.78, 5) is 12.1. The minimum absolute atomic E-state index is 0.0559. The van der Waals surface area contributed by atoms with Crippen molar-refractivity contribution in [1.82, 2.24) is 20.3 Å². The number of halogens is 3.